The van der Waals surface area contributed by atoms with Gasteiger partial charge in [-0.1, -0.05) is 6.07 Å². The predicted molar refractivity (Wildman–Crippen MR) is 85.7 cm³/mol. The zero-order chi connectivity index (χ0) is 15.1. The molecule has 0 unspecified atom stereocenters. The van der Waals surface area contributed by atoms with Crippen molar-refractivity contribution in [1.29, 1.82) is 0 Å². The summed E-state index contributed by atoms with van der Waals surface area (Å²) in [6, 6.07) is 4.40. The molecule has 0 radical (unpaired) electrons. The van der Waals surface area contributed by atoms with Crippen molar-refractivity contribution < 1.29 is 9.53 Å². The summed E-state index contributed by atoms with van der Waals surface area (Å²) in [6.45, 7) is 3.93. The Balaban J connectivity index is 1.87. The van der Waals surface area contributed by atoms with Crippen molar-refractivity contribution in [2.75, 3.05) is 40.4 Å². The monoisotopic (exact) mass is 311 g/mol. The molecule has 0 spiro atoms. The summed E-state index contributed by atoms with van der Waals surface area (Å²) in [5.41, 5.74) is 0. The highest BCUT2D eigenvalue weighted by Crippen LogP contribution is 2.13. The van der Waals surface area contributed by atoms with E-state index in [-0.39, 0.29) is 6.03 Å². The van der Waals surface area contributed by atoms with Crippen molar-refractivity contribution in [2.45, 2.75) is 25.4 Å². The molecule has 1 aromatic heterocycles. The molecule has 118 valence electrons. The van der Waals surface area contributed by atoms with Gasteiger partial charge in [-0.05, 0) is 44.4 Å². The Kier molecular flexibility index (Phi) is 6.48. The number of amides is 2. The van der Waals surface area contributed by atoms with Crippen molar-refractivity contribution in [1.82, 2.24) is 15.1 Å². The number of hydrogen-bond donors (Lipinski definition) is 1. The topological polar surface area (TPSA) is 44.8 Å². The number of nitrogens with one attached hydrogen (secondary N) is 1. The van der Waals surface area contributed by atoms with Gasteiger partial charge in [-0.2, -0.15) is 0 Å². The number of nitrogens with zero attached hydrogens (tertiary/aromatic N) is 2. The normalized spacial score (nSPS) is 16.9. The second-order valence-corrected chi connectivity index (χ2v) is 6.55. The fraction of sp³-hybridized carbons (Fsp3) is 0.667. The molecule has 0 aromatic carbocycles. The molecule has 0 bridgehead atoms. The second-order valence-electron chi connectivity index (χ2n) is 5.52. The van der Waals surface area contributed by atoms with Gasteiger partial charge >= 0.3 is 6.03 Å². The third kappa shape index (κ3) is 5.30. The van der Waals surface area contributed by atoms with Crippen LogP contribution >= 0.6 is 11.3 Å². The third-order valence-corrected chi connectivity index (χ3v) is 4.69. The molecule has 1 aliphatic heterocycles. The molecule has 5 nitrogen and oxygen atoms in total. The highest BCUT2D eigenvalue weighted by atomic mass is 32.1. The van der Waals surface area contributed by atoms with Gasteiger partial charge < -0.3 is 19.9 Å². The number of urea groups is 1. The molecule has 1 aromatic rings. The van der Waals surface area contributed by atoms with E-state index in [0.29, 0.717) is 25.7 Å². The number of rotatable bonds is 6. The van der Waals surface area contributed by atoms with Gasteiger partial charge in [0.05, 0.1) is 13.2 Å². The number of piperidine rings is 1. The molecular formula is C15H25N3O2S. The SMILES string of the molecule is COCCN(Cc1cccs1)C(=O)NC1CCN(C)CC1. The maximum atomic E-state index is 12.5. The van der Waals surface area contributed by atoms with Gasteiger partial charge in [0.1, 0.15) is 0 Å². The molecule has 2 heterocycles. The largest absolute Gasteiger partial charge is 0.383 e. The van der Waals surface area contributed by atoms with Crippen LogP contribution in [0.3, 0.4) is 0 Å². The molecular weight excluding hydrogens is 286 g/mol. The molecule has 0 atom stereocenters. The lowest BCUT2D eigenvalue weighted by Crippen LogP contribution is -2.49. The zero-order valence-electron chi connectivity index (χ0n) is 12.9. The first-order chi connectivity index (χ1) is 10.2. The number of carbonyl (C=O) groups excluding carboxylic acids is 1. The minimum absolute atomic E-state index is 0.0232. The van der Waals surface area contributed by atoms with Crippen LogP contribution in [0.25, 0.3) is 0 Å². The van der Waals surface area contributed by atoms with Crippen LogP contribution in [0.15, 0.2) is 17.5 Å². The molecule has 0 aliphatic carbocycles. The summed E-state index contributed by atoms with van der Waals surface area (Å²) < 4.78 is 5.12. The fourth-order valence-corrected chi connectivity index (χ4v) is 3.18. The molecule has 21 heavy (non-hydrogen) atoms. The van der Waals surface area contributed by atoms with Crippen LogP contribution in [0.4, 0.5) is 4.79 Å². The number of ether oxygens (including phenoxy) is 1. The van der Waals surface area contributed by atoms with E-state index in [9.17, 15) is 4.79 Å². The summed E-state index contributed by atoms with van der Waals surface area (Å²) >= 11 is 1.68. The maximum absolute atomic E-state index is 12.5. The Morgan fingerprint density at radius 2 is 2.29 bits per heavy atom. The lowest BCUT2D eigenvalue weighted by atomic mass is 10.1. The first-order valence-electron chi connectivity index (χ1n) is 7.44. The Hall–Kier alpha value is -1.11. The minimum Gasteiger partial charge on any atom is -0.383 e. The van der Waals surface area contributed by atoms with Crippen LogP contribution in [0.5, 0.6) is 0 Å². The van der Waals surface area contributed by atoms with Crippen LogP contribution in [-0.2, 0) is 11.3 Å². The van der Waals surface area contributed by atoms with Crippen LogP contribution in [0, 0.1) is 0 Å². The summed E-state index contributed by atoms with van der Waals surface area (Å²) in [7, 11) is 3.79. The van der Waals surface area contributed by atoms with Gasteiger partial charge in [-0.3, -0.25) is 0 Å². The minimum atomic E-state index is 0.0232. The molecule has 2 rings (SSSR count). The molecule has 2 amide bonds. The number of carbonyl (C=O) groups is 1. The molecule has 1 saturated heterocycles. The molecule has 1 N–H and O–H groups in total. The molecule has 0 saturated carbocycles. The van der Waals surface area contributed by atoms with E-state index in [0.717, 1.165) is 25.9 Å². The highest BCUT2D eigenvalue weighted by Gasteiger charge is 2.21. The van der Waals surface area contributed by atoms with Crippen molar-refractivity contribution in [3.05, 3.63) is 22.4 Å². The lowest BCUT2D eigenvalue weighted by Gasteiger charge is -2.31. The Morgan fingerprint density at radius 1 is 1.52 bits per heavy atom. The van der Waals surface area contributed by atoms with Crippen molar-refractivity contribution >= 4 is 17.4 Å². The first kappa shape index (κ1) is 16.3. The number of thiophene rings is 1. The van der Waals surface area contributed by atoms with Gasteiger partial charge in [0.15, 0.2) is 0 Å². The van der Waals surface area contributed by atoms with Crippen LogP contribution < -0.4 is 5.32 Å². The average molecular weight is 311 g/mol. The smallest absolute Gasteiger partial charge is 0.318 e. The van der Waals surface area contributed by atoms with Crippen molar-refractivity contribution in [3.63, 3.8) is 0 Å². The summed E-state index contributed by atoms with van der Waals surface area (Å²) in [5, 5.41) is 5.21. The average Bonchev–Trinajstić information content (AvgIpc) is 2.98. The summed E-state index contributed by atoms with van der Waals surface area (Å²) in [5.74, 6) is 0. The van der Waals surface area contributed by atoms with E-state index in [1.165, 1.54) is 4.88 Å². The number of hydrogen-bond acceptors (Lipinski definition) is 4. The molecule has 1 fully saturated rings. The zero-order valence-corrected chi connectivity index (χ0v) is 13.7. The van der Waals surface area contributed by atoms with Crippen LogP contribution in [0.1, 0.15) is 17.7 Å². The van der Waals surface area contributed by atoms with Gasteiger partial charge in [0.25, 0.3) is 0 Å². The highest BCUT2D eigenvalue weighted by molar-refractivity contribution is 7.09. The summed E-state index contributed by atoms with van der Waals surface area (Å²) in [4.78, 5) is 17.8. The lowest BCUT2D eigenvalue weighted by molar-refractivity contribution is 0.141. The van der Waals surface area contributed by atoms with Crippen LogP contribution in [-0.4, -0.2) is 62.3 Å². The number of likely N-dealkylation sites (tertiary alicyclic amines) is 1. The Morgan fingerprint density at radius 3 is 2.90 bits per heavy atom. The maximum Gasteiger partial charge on any atom is 0.318 e. The first-order valence-corrected chi connectivity index (χ1v) is 8.32. The second kappa shape index (κ2) is 8.36. The van der Waals surface area contributed by atoms with Crippen LogP contribution in [0.2, 0.25) is 0 Å². The standard InChI is InChI=1S/C15H25N3O2S/c1-17-7-5-13(6-8-17)16-15(19)18(9-10-20-2)12-14-4-3-11-21-14/h3-4,11,13H,5-10,12H2,1-2H3,(H,16,19). The van der Waals surface area contributed by atoms with E-state index in [4.69, 9.17) is 4.74 Å². The fourth-order valence-electron chi connectivity index (χ4n) is 2.46. The van der Waals surface area contributed by atoms with Gasteiger partial charge in [-0.25, -0.2) is 4.79 Å². The third-order valence-electron chi connectivity index (χ3n) is 3.83. The van der Waals surface area contributed by atoms with Gasteiger partial charge in [0.2, 0.25) is 0 Å². The van der Waals surface area contributed by atoms with E-state index in [1.807, 2.05) is 16.3 Å². The molecule has 6 heteroatoms. The predicted octanol–water partition coefficient (Wildman–Crippen LogP) is 2.00. The Labute approximate surface area is 130 Å². The van der Waals surface area contributed by atoms with E-state index >= 15 is 0 Å². The van der Waals surface area contributed by atoms with E-state index < -0.39 is 0 Å². The molecule has 1 aliphatic rings. The van der Waals surface area contributed by atoms with Crippen molar-refractivity contribution in [3.8, 4) is 0 Å². The van der Waals surface area contributed by atoms with Gasteiger partial charge in [-0.15, -0.1) is 11.3 Å². The number of methoxy groups -OCH3 is 1. The quantitative estimate of drug-likeness (QED) is 0.874. The van der Waals surface area contributed by atoms with E-state index in [1.54, 1.807) is 18.4 Å². The van der Waals surface area contributed by atoms with E-state index in [2.05, 4.69) is 23.3 Å². The Bertz CT molecular complexity index is 417. The summed E-state index contributed by atoms with van der Waals surface area (Å²) in [6.07, 6.45) is 2.05. The van der Waals surface area contributed by atoms with Crippen molar-refractivity contribution in [2.24, 2.45) is 0 Å². The van der Waals surface area contributed by atoms with Gasteiger partial charge in [0, 0.05) is 24.6 Å².